The second-order valence-corrected chi connectivity index (χ2v) is 5.60. The van der Waals surface area contributed by atoms with Gasteiger partial charge in [-0.25, -0.2) is 4.98 Å². The van der Waals surface area contributed by atoms with E-state index in [9.17, 15) is 0 Å². The van der Waals surface area contributed by atoms with Crippen LogP contribution in [0.3, 0.4) is 0 Å². The van der Waals surface area contributed by atoms with Crippen LogP contribution in [-0.4, -0.2) is 20.2 Å². The van der Waals surface area contributed by atoms with Crippen molar-refractivity contribution in [3.05, 3.63) is 46.6 Å². The first-order chi connectivity index (χ1) is 10.2. The Morgan fingerprint density at radius 1 is 1.14 bits per heavy atom. The SMILES string of the molecule is Nc1nc(Cl)cc(NCc2nnc(-c3ccccc3)s2)n1. The summed E-state index contributed by atoms with van der Waals surface area (Å²) in [5.41, 5.74) is 6.59. The molecule has 0 saturated carbocycles. The van der Waals surface area contributed by atoms with Crippen LogP contribution in [0.2, 0.25) is 5.15 Å². The minimum atomic E-state index is 0.132. The van der Waals surface area contributed by atoms with Crippen LogP contribution in [0.15, 0.2) is 36.4 Å². The van der Waals surface area contributed by atoms with Crippen molar-refractivity contribution in [3.8, 4) is 10.6 Å². The molecule has 0 aliphatic heterocycles. The zero-order chi connectivity index (χ0) is 14.7. The van der Waals surface area contributed by atoms with Gasteiger partial charge in [0.25, 0.3) is 0 Å². The molecule has 0 radical (unpaired) electrons. The molecule has 3 rings (SSSR count). The van der Waals surface area contributed by atoms with E-state index in [-0.39, 0.29) is 5.95 Å². The lowest BCUT2D eigenvalue weighted by atomic mass is 10.2. The summed E-state index contributed by atoms with van der Waals surface area (Å²) in [5, 5.41) is 13.5. The molecule has 2 aromatic heterocycles. The van der Waals surface area contributed by atoms with Crippen LogP contribution in [0.4, 0.5) is 11.8 Å². The van der Waals surface area contributed by atoms with Gasteiger partial charge in [0.15, 0.2) is 0 Å². The standard InChI is InChI=1S/C13H11ClN6S/c14-9-6-10(18-13(15)17-9)16-7-11-19-20-12(21-11)8-4-2-1-3-5-8/h1-6H,7H2,(H3,15,16,17,18). The first-order valence-corrected chi connectivity index (χ1v) is 7.32. The monoisotopic (exact) mass is 318 g/mol. The van der Waals surface area contributed by atoms with Crippen LogP contribution in [0, 0.1) is 0 Å². The lowest BCUT2D eigenvalue weighted by Gasteiger charge is -2.03. The Morgan fingerprint density at radius 2 is 1.95 bits per heavy atom. The smallest absolute Gasteiger partial charge is 0.223 e. The molecule has 6 nitrogen and oxygen atoms in total. The van der Waals surface area contributed by atoms with Crippen LogP contribution in [-0.2, 0) is 6.54 Å². The van der Waals surface area contributed by atoms with Gasteiger partial charge in [-0.2, -0.15) is 4.98 Å². The molecule has 2 heterocycles. The first kappa shape index (κ1) is 13.7. The third-order valence-electron chi connectivity index (χ3n) is 2.62. The van der Waals surface area contributed by atoms with E-state index in [0.717, 1.165) is 15.6 Å². The van der Waals surface area contributed by atoms with E-state index in [4.69, 9.17) is 17.3 Å². The number of anilines is 2. The van der Waals surface area contributed by atoms with Crippen molar-refractivity contribution in [1.29, 1.82) is 0 Å². The Balaban J connectivity index is 1.70. The number of nitrogens with zero attached hydrogens (tertiary/aromatic N) is 4. The lowest BCUT2D eigenvalue weighted by Crippen LogP contribution is -2.04. The fourth-order valence-electron chi connectivity index (χ4n) is 1.71. The van der Waals surface area contributed by atoms with Crippen molar-refractivity contribution in [2.24, 2.45) is 0 Å². The highest BCUT2D eigenvalue weighted by molar-refractivity contribution is 7.14. The zero-order valence-electron chi connectivity index (χ0n) is 10.8. The van der Waals surface area contributed by atoms with E-state index in [1.807, 2.05) is 30.3 Å². The van der Waals surface area contributed by atoms with E-state index in [0.29, 0.717) is 17.5 Å². The molecular weight excluding hydrogens is 308 g/mol. The largest absolute Gasteiger partial charge is 0.368 e. The third kappa shape index (κ3) is 3.45. The highest BCUT2D eigenvalue weighted by Crippen LogP contribution is 2.23. The molecule has 1 aromatic carbocycles. The molecule has 0 aliphatic carbocycles. The second-order valence-electron chi connectivity index (χ2n) is 4.15. The van der Waals surface area contributed by atoms with E-state index in [1.54, 1.807) is 6.07 Å². The molecule has 3 N–H and O–H groups in total. The molecule has 21 heavy (non-hydrogen) atoms. The van der Waals surface area contributed by atoms with Gasteiger partial charge >= 0.3 is 0 Å². The van der Waals surface area contributed by atoms with Crippen LogP contribution in [0.25, 0.3) is 10.6 Å². The van der Waals surface area contributed by atoms with E-state index in [1.165, 1.54) is 11.3 Å². The minimum absolute atomic E-state index is 0.132. The van der Waals surface area contributed by atoms with E-state index in [2.05, 4.69) is 25.5 Å². The average molecular weight is 319 g/mol. The number of benzene rings is 1. The van der Waals surface area contributed by atoms with Gasteiger partial charge in [0.1, 0.15) is 21.0 Å². The second kappa shape index (κ2) is 6.02. The minimum Gasteiger partial charge on any atom is -0.368 e. The predicted molar refractivity (Wildman–Crippen MR) is 84.1 cm³/mol. The summed E-state index contributed by atoms with van der Waals surface area (Å²) >= 11 is 7.34. The zero-order valence-corrected chi connectivity index (χ0v) is 12.4. The van der Waals surface area contributed by atoms with Crippen molar-refractivity contribution in [1.82, 2.24) is 20.2 Å². The predicted octanol–water partition coefficient (Wildman–Crippen LogP) is 2.84. The Hall–Kier alpha value is -2.25. The number of rotatable bonds is 4. The van der Waals surface area contributed by atoms with Crippen molar-refractivity contribution in [2.75, 3.05) is 11.1 Å². The van der Waals surface area contributed by atoms with Crippen LogP contribution in [0.5, 0.6) is 0 Å². The number of hydrogen-bond acceptors (Lipinski definition) is 7. The molecule has 3 aromatic rings. The normalized spacial score (nSPS) is 10.5. The maximum atomic E-state index is 5.82. The van der Waals surface area contributed by atoms with E-state index < -0.39 is 0 Å². The maximum absolute atomic E-state index is 5.82. The van der Waals surface area contributed by atoms with E-state index >= 15 is 0 Å². The molecular formula is C13H11ClN6S. The van der Waals surface area contributed by atoms with Gasteiger partial charge in [0.05, 0.1) is 6.54 Å². The van der Waals surface area contributed by atoms with Crippen molar-refractivity contribution >= 4 is 34.7 Å². The molecule has 0 saturated heterocycles. The summed E-state index contributed by atoms with van der Waals surface area (Å²) < 4.78 is 0. The molecule has 0 bridgehead atoms. The Labute approximate surface area is 130 Å². The van der Waals surface area contributed by atoms with Crippen LogP contribution >= 0.6 is 22.9 Å². The first-order valence-electron chi connectivity index (χ1n) is 6.12. The van der Waals surface area contributed by atoms with Crippen molar-refractivity contribution < 1.29 is 0 Å². The van der Waals surface area contributed by atoms with Crippen LogP contribution in [0.1, 0.15) is 5.01 Å². The molecule has 0 fully saturated rings. The molecule has 0 amide bonds. The molecule has 0 aliphatic rings. The summed E-state index contributed by atoms with van der Waals surface area (Å²) in [6, 6.07) is 11.5. The number of hydrogen-bond donors (Lipinski definition) is 2. The van der Waals surface area contributed by atoms with Gasteiger partial charge in [0.2, 0.25) is 5.95 Å². The summed E-state index contributed by atoms with van der Waals surface area (Å²) in [5.74, 6) is 0.691. The Kier molecular flexibility index (Phi) is 3.94. The molecule has 8 heteroatoms. The molecule has 0 unspecified atom stereocenters. The summed E-state index contributed by atoms with van der Waals surface area (Å²) in [6.45, 7) is 0.497. The maximum Gasteiger partial charge on any atom is 0.223 e. The quantitative estimate of drug-likeness (QED) is 0.719. The fraction of sp³-hybridized carbons (Fsp3) is 0.0769. The van der Waals surface area contributed by atoms with Gasteiger partial charge < -0.3 is 11.1 Å². The number of nitrogen functional groups attached to an aromatic ring is 1. The average Bonchev–Trinajstić information content (AvgIpc) is 2.94. The van der Waals surface area contributed by atoms with Crippen molar-refractivity contribution in [2.45, 2.75) is 6.54 Å². The van der Waals surface area contributed by atoms with Gasteiger partial charge in [-0.15, -0.1) is 10.2 Å². The van der Waals surface area contributed by atoms with Gasteiger partial charge in [-0.05, 0) is 0 Å². The highest BCUT2D eigenvalue weighted by Gasteiger charge is 2.07. The van der Waals surface area contributed by atoms with Crippen LogP contribution < -0.4 is 11.1 Å². The Bertz CT molecular complexity index is 725. The van der Waals surface area contributed by atoms with Crippen molar-refractivity contribution in [3.63, 3.8) is 0 Å². The fourth-order valence-corrected chi connectivity index (χ4v) is 2.69. The third-order valence-corrected chi connectivity index (χ3v) is 3.79. The number of aromatic nitrogens is 4. The number of nitrogens with one attached hydrogen (secondary N) is 1. The Morgan fingerprint density at radius 3 is 2.71 bits per heavy atom. The lowest BCUT2D eigenvalue weighted by molar-refractivity contribution is 0.983. The molecule has 0 atom stereocenters. The van der Waals surface area contributed by atoms with Gasteiger partial charge in [-0.3, -0.25) is 0 Å². The summed E-state index contributed by atoms with van der Waals surface area (Å²) in [7, 11) is 0. The highest BCUT2D eigenvalue weighted by atomic mass is 35.5. The topological polar surface area (TPSA) is 89.6 Å². The van der Waals surface area contributed by atoms with Gasteiger partial charge in [0, 0.05) is 11.6 Å². The summed E-state index contributed by atoms with van der Waals surface area (Å²) in [6.07, 6.45) is 0. The van der Waals surface area contributed by atoms with Gasteiger partial charge in [-0.1, -0.05) is 53.3 Å². The molecule has 106 valence electrons. The number of halogens is 1. The number of nitrogens with two attached hydrogens (primary N) is 1. The summed E-state index contributed by atoms with van der Waals surface area (Å²) in [4.78, 5) is 7.84. The molecule has 0 spiro atoms.